The lowest BCUT2D eigenvalue weighted by molar-refractivity contribution is -0.136. The summed E-state index contributed by atoms with van der Waals surface area (Å²) in [5, 5.41) is 0. The molecule has 136 valence electrons. The molecule has 1 saturated heterocycles. The highest BCUT2D eigenvalue weighted by Gasteiger charge is 2.48. The number of imidazole rings is 1. The van der Waals surface area contributed by atoms with Gasteiger partial charge in [-0.25, -0.2) is 4.98 Å². The van der Waals surface area contributed by atoms with E-state index in [1.807, 2.05) is 26.8 Å². The SMILES string of the molecule is CC(C)c1nc2c(C(F)(F)F)cc(C(C)N3CCC4(CC4)C3)cc2[nH]1. The van der Waals surface area contributed by atoms with Crippen LogP contribution < -0.4 is 0 Å². The molecule has 1 N–H and O–H groups in total. The highest BCUT2D eigenvalue weighted by Crippen LogP contribution is 2.54. The van der Waals surface area contributed by atoms with Gasteiger partial charge < -0.3 is 4.98 Å². The van der Waals surface area contributed by atoms with Gasteiger partial charge in [-0.1, -0.05) is 13.8 Å². The molecule has 2 heterocycles. The Bertz CT molecular complexity index is 802. The van der Waals surface area contributed by atoms with Gasteiger partial charge in [0.2, 0.25) is 0 Å². The lowest BCUT2D eigenvalue weighted by Gasteiger charge is -2.25. The molecule has 1 aliphatic heterocycles. The maximum absolute atomic E-state index is 13.6. The third kappa shape index (κ3) is 2.94. The molecule has 2 fully saturated rings. The first-order chi connectivity index (χ1) is 11.7. The van der Waals surface area contributed by atoms with Gasteiger partial charge in [0, 0.05) is 18.5 Å². The van der Waals surface area contributed by atoms with E-state index in [1.54, 1.807) is 0 Å². The van der Waals surface area contributed by atoms with Gasteiger partial charge in [0.15, 0.2) is 0 Å². The molecule has 1 spiro atoms. The first-order valence-corrected chi connectivity index (χ1v) is 9.03. The molecule has 0 bridgehead atoms. The molecule has 4 rings (SSSR count). The number of halogens is 3. The second-order valence-electron chi connectivity index (χ2n) is 8.14. The standard InChI is InChI=1S/C19H24F3N3/c1-11(2)17-23-15-9-13(8-14(16(15)24-17)19(20,21)22)12(3)25-7-6-18(10-25)4-5-18/h8-9,11-12H,4-7,10H2,1-3H3,(H,23,24). The summed E-state index contributed by atoms with van der Waals surface area (Å²) in [4.78, 5) is 9.64. The van der Waals surface area contributed by atoms with Crippen LogP contribution in [-0.2, 0) is 6.18 Å². The molecule has 1 aromatic heterocycles. The van der Waals surface area contributed by atoms with Crippen molar-refractivity contribution in [2.24, 2.45) is 5.41 Å². The number of rotatable bonds is 3. The van der Waals surface area contributed by atoms with Crippen molar-refractivity contribution in [1.82, 2.24) is 14.9 Å². The molecule has 1 atom stereocenters. The maximum atomic E-state index is 13.6. The number of H-pyrrole nitrogens is 1. The fourth-order valence-corrected chi connectivity index (χ4v) is 3.99. The summed E-state index contributed by atoms with van der Waals surface area (Å²) in [6.07, 6.45) is -0.698. The predicted octanol–water partition coefficient (Wildman–Crippen LogP) is 5.25. The van der Waals surface area contributed by atoms with Crippen molar-refractivity contribution in [2.45, 2.75) is 58.2 Å². The van der Waals surface area contributed by atoms with E-state index in [4.69, 9.17) is 0 Å². The van der Waals surface area contributed by atoms with Crippen LogP contribution in [0.4, 0.5) is 13.2 Å². The van der Waals surface area contributed by atoms with Crippen molar-refractivity contribution >= 4 is 11.0 Å². The predicted molar refractivity (Wildman–Crippen MR) is 91.5 cm³/mol. The van der Waals surface area contributed by atoms with E-state index in [0.29, 0.717) is 16.8 Å². The number of fused-ring (bicyclic) bond motifs is 1. The van der Waals surface area contributed by atoms with E-state index in [-0.39, 0.29) is 17.5 Å². The molecular weight excluding hydrogens is 327 g/mol. The van der Waals surface area contributed by atoms with Gasteiger partial charge in [0.1, 0.15) is 11.3 Å². The monoisotopic (exact) mass is 351 g/mol. The highest BCUT2D eigenvalue weighted by molar-refractivity contribution is 5.80. The summed E-state index contributed by atoms with van der Waals surface area (Å²) < 4.78 is 40.8. The van der Waals surface area contributed by atoms with Crippen molar-refractivity contribution < 1.29 is 13.2 Å². The fraction of sp³-hybridized carbons (Fsp3) is 0.632. The quantitative estimate of drug-likeness (QED) is 0.819. The Balaban J connectivity index is 1.76. The first kappa shape index (κ1) is 16.9. The van der Waals surface area contributed by atoms with Crippen LogP contribution in [0.2, 0.25) is 0 Å². The van der Waals surface area contributed by atoms with Gasteiger partial charge in [-0.15, -0.1) is 0 Å². The van der Waals surface area contributed by atoms with E-state index in [9.17, 15) is 13.2 Å². The molecule has 0 radical (unpaired) electrons. The molecule has 1 aliphatic carbocycles. The van der Waals surface area contributed by atoms with E-state index in [0.717, 1.165) is 18.7 Å². The number of likely N-dealkylation sites (tertiary alicyclic amines) is 1. The Hall–Kier alpha value is -1.56. The van der Waals surface area contributed by atoms with Crippen LogP contribution in [0.15, 0.2) is 12.1 Å². The van der Waals surface area contributed by atoms with Crippen molar-refractivity contribution in [3.05, 3.63) is 29.1 Å². The average molecular weight is 351 g/mol. The Morgan fingerprint density at radius 2 is 1.88 bits per heavy atom. The number of nitrogens with zero attached hydrogens (tertiary/aromatic N) is 2. The fourth-order valence-electron chi connectivity index (χ4n) is 3.99. The van der Waals surface area contributed by atoms with E-state index < -0.39 is 11.7 Å². The smallest absolute Gasteiger partial charge is 0.342 e. The molecule has 1 unspecified atom stereocenters. The molecule has 2 aliphatic rings. The topological polar surface area (TPSA) is 31.9 Å². The van der Waals surface area contributed by atoms with Crippen LogP contribution in [0, 0.1) is 5.41 Å². The number of hydrogen-bond acceptors (Lipinski definition) is 2. The van der Waals surface area contributed by atoms with E-state index >= 15 is 0 Å². The number of aromatic amines is 1. The molecule has 25 heavy (non-hydrogen) atoms. The number of alkyl halides is 3. The van der Waals surface area contributed by atoms with E-state index in [1.165, 1.54) is 25.3 Å². The summed E-state index contributed by atoms with van der Waals surface area (Å²) in [6.45, 7) is 7.85. The zero-order valence-corrected chi connectivity index (χ0v) is 14.9. The minimum absolute atomic E-state index is 0.0173. The number of nitrogens with one attached hydrogen (secondary N) is 1. The van der Waals surface area contributed by atoms with Crippen LogP contribution in [0.5, 0.6) is 0 Å². The van der Waals surface area contributed by atoms with Gasteiger partial charge in [-0.2, -0.15) is 13.2 Å². The van der Waals surface area contributed by atoms with Crippen molar-refractivity contribution in [1.29, 1.82) is 0 Å². The first-order valence-electron chi connectivity index (χ1n) is 9.03. The van der Waals surface area contributed by atoms with Crippen LogP contribution in [-0.4, -0.2) is 28.0 Å². The Kier molecular flexibility index (Phi) is 3.69. The minimum atomic E-state index is -4.40. The van der Waals surface area contributed by atoms with Gasteiger partial charge in [0.25, 0.3) is 0 Å². The second kappa shape index (κ2) is 5.47. The van der Waals surface area contributed by atoms with Crippen molar-refractivity contribution in [3.63, 3.8) is 0 Å². The van der Waals surface area contributed by atoms with Gasteiger partial charge in [-0.3, -0.25) is 4.90 Å². The van der Waals surface area contributed by atoms with Crippen LogP contribution in [0.3, 0.4) is 0 Å². The number of benzene rings is 1. The van der Waals surface area contributed by atoms with Crippen molar-refractivity contribution in [2.75, 3.05) is 13.1 Å². The number of aromatic nitrogens is 2. The molecule has 6 heteroatoms. The number of hydrogen-bond donors (Lipinski definition) is 1. The molecule has 1 aromatic carbocycles. The average Bonchev–Trinajstić information content (AvgIpc) is 2.95. The summed E-state index contributed by atoms with van der Waals surface area (Å²) in [7, 11) is 0. The Labute approximate surface area is 145 Å². The summed E-state index contributed by atoms with van der Waals surface area (Å²) >= 11 is 0. The third-order valence-corrected chi connectivity index (χ3v) is 5.93. The van der Waals surface area contributed by atoms with Crippen LogP contribution in [0.1, 0.15) is 68.9 Å². The van der Waals surface area contributed by atoms with Crippen LogP contribution >= 0.6 is 0 Å². The summed E-state index contributed by atoms with van der Waals surface area (Å²) in [5.41, 5.74) is 1.07. The Morgan fingerprint density at radius 3 is 2.44 bits per heavy atom. The molecular formula is C19H24F3N3. The van der Waals surface area contributed by atoms with Crippen LogP contribution in [0.25, 0.3) is 11.0 Å². The lowest BCUT2D eigenvalue weighted by Crippen LogP contribution is -2.25. The van der Waals surface area contributed by atoms with Gasteiger partial charge in [-0.05, 0) is 55.8 Å². The molecule has 1 saturated carbocycles. The third-order valence-electron chi connectivity index (χ3n) is 5.93. The lowest BCUT2D eigenvalue weighted by atomic mass is 10.0. The van der Waals surface area contributed by atoms with E-state index in [2.05, 4.69) is 14.9 Å². The highest BCUT2D eigenvalue weighted by atomic mass is 19.4. The summed E-state index contributed by atoms with van der Waals surface area (Å²) in [6, 6.07) is 3.14. The minimum Gasteiger partial charge on any atom is -0.342 e. The normalized spacial score (nSPS) is 21.6. The zero-order chi connectivity index (χ0) is 18.0. The second-order valence-corrected chi connectivity index (χ2v) is 8.14. The zero-order valence-electron chi connectivity index (χ0n) is 14.9. The largest absolute Gasteiger partial charge is 0.418 e. The summed E-state index contributed by atoms with van der Waals surface area (Å²) in [5.74, 6) is 0.658. The molecule has 2 aromatic rings. The Morgan fingerprint density at radius 1 is 1.16 bits per heavy atom. The molecule has 0 amide bonds. The van der Waals surface area contributed by atoms with Crippen molar-refractivity contribution in [3.8, 4) is 0 Å². The maximum Gasteiger partial charge on any atom is 0.418 e. The molecule has 3 nitrogen and oxygen atoms in total. The van der Waals surface area contributed by atoms with Gasteiger partial charge >= 0.3 is 6.18 Å². The van der Waals surface area contributed by atoms with Gasteiger partial charge in [0.05, 0.1) is 11.1 Å².